The second-order valence-electron chi connectivity index (χ2n) is 3.99. The van der Waals surface area contributed by atoms with Crippen LogP contribution in [0.3, 0.4) is 0 Å². The van der Waals surface area contributed by atoms with Gasteiger partial charge in [0.25, 0.3) is 0 Å². The fourth-order valence-electron chi connectivity index (χ4n) is 1.69. The van der Waals surface area contributed by atoms with E-state index < -0.39 is 5.41 Å². The van der Waals surface area contributed by atoms with Gasteiger partial charge in [-0.05, 0) is 24.3 Å². The maximum atomic E-state index is 12.1. The standard InChI is InChI=1S/C12H14O4/c1-15-10-4-2-9(3-5-10)11(14)12(6-13)7-16-8-12/h2-5,13H,6-8H2,1H3. The van der Waals surface area contributed by atoms with Gasteiger partial charge < -0.3 is 14.6 Å². The molecule has 1 fully saturated rings. The van der Waals surface area contributed by atoms with Crippen molar-refractivity contribution in [2.45, 2.75) is 0 Å². The van der Waals surface area contributed by atoms with Crippen LogP contribution in [-0.2, 0) is 4.74 Å². The van der Waals surface area contributed by atoms with Gasteiger partial charge in [-0.15, -0.1) is 0 Å². The summed E-state index contributed by atoms with van der Waals surface area (Å²) in [5.74, 6) is 0.642. The summed E-state index contributed by atoms with van der Waals surface area (Å²) < 4.78 is 10.0. The normalized spacial score (nSPS) is 17.6. The molecule has 1 saturated heterocycles. The highest BCUT2D eigenvalue weighted by atomic mass is 16.5. The SMILES string of the molecule is COc1ccc(C(=O)C2(CO)COC2)cc1. The predicted molar refractivity (Wildman–Crippen MR) is 57.7 cm³/mol. The number of aliphatic hydroxyl groups is 1. The monoisotopic (exact) mass is 222 g/mol. The number of aliphatic hydroxyl groups excluding tert-OH is 1. The number of benzene rings is 1. The van der Waals surface area contributed by atoms with Crippen LogP contribution in [0, 0.1) is 5.41 Å². The molecule has 4 nitrogen and oxygen atoms in total. The maximum absolute atomic E-state index is 12.1. The van der Waals surface area contributed by atoms with Crippen LogP contribution in [-0.4, -0.2) is 37.8 Å². The van der Waals surface area contributed by atoms with Gasteiger partial charge in [0.1, 0.15) is 11.2 Å². The van der Waals surface area contributed by atoms with E-state index in [9.17, 15) is 9.90 Å². The molecule has 1 heterocycles. The van der Waals surface area contributed by atoms with E-state index in [4.69, 9.17) is 9.47 Å². The first-order chi connectivity index (χ1) is 7.72. The average Bonchev–Trinajstić information content (AvgIpc) is 2.28. The van der Waals surface area contributed by atoms with Crippen molar-refractivity contribution >= 4 is 5.78 Å². The summed E-state index contributed by atoms with van der Waals surface area (Å²) in [6, 6.07) is 6.88. The van der Waals surface area contributed by atoms with Crippen molar-refractivity contribution in [3.63, 3.8) is 0 Å². The van der Waals surface area contributed by atoms with Crippen molar-refractivity contribution in [3.05, 3.63) is 29.8 Å². The summed E-state index contributed by atoms with van der Waals surface area (Å²) in [5, 5.41) is 9.24. The highest BCUT2D eigenvalue weighted by Crippen LogP contribution is 2.31. The summed E-state index contributed by atoms with van der Waals surface area (Å²) in [7, 11) is 1.58. The number of methoxy groups -OCH3 is 1. The van der Waals surface area contributed by atoms with E-state index in [1.54, 1.807) is 31.4 Å². The van der Waals surface area contributed by atoms with E-state index in [2.05, 4.69) is 0 Å². The van der Waals surface area contributed by atoms with E-state index in [1.165, 1.54) is 0 Å². The Morgan fingerprint density at radius 3 is 2.44 bits per heavy atom. The van der Waals surface area contributed by atoms with Crippen LogP contribution in [0.15, 0.2) is 24.3 Å². The Morgan fingerprint density at radius 1 is 1.44 bits per heavy atom. The molecule has 0 radical (unpaired) electrons. The fraction of sp³-hybridized carbons (Fsp3) is 0.417. The Morgan fingerprint density at radius 2 is 2.06 bits per heavy atom. The minimum atomic E-state index is -0.728. The van der Waals surface area contributed by atoms with E-state index >= 15 is 0 Å². The van der Waals surface area contributed by atoms with Gasteiger partial charge in [-0.25, -0.2) is 0 Å². The molecule has 0 atom stereocenters. The molecule has 0 aliphatic carbocycles. The maximum Gasteiger partial charge on any atom is 0.175 e. The number of carbonyl (C=O) groups is 1. The van der Waals surface area contributed by atoms with Crippen molar-refractivity contribution in [1.29, 1.82) is 0 Å². The lowest BCUT2D eigenvalue weighted by Gasteiger charge is -2.38. The molecule has 0 spiro atoms. The Bertz CT molecular complexity index is 373. The van der Waals surface area contributed by atoms with Gasteiger partial charge in [0, 0.05) is 5.56 Å². The zero-order chi connectivity index (χ0) is 11.6. The predicted octanol–water partition coefficient (Wildman–Crippen LogP) is 0.887. The van der Waals surface area contributed by atoms with Gasteiger partial charge in [0.05, 0.1) is 26.9 Å². The molecule has 0 unspecified atom stereocenters. The molecular weight excluding hydrogens is 208 g/mol. The average molecular weight is 222 g/mol. The summed E-state index contributed by atoms with van der Waals surface area (Å²) >= 11 is 0. The third kappa shape index (κ3) is 1.70. The van der Waals surface area contributed by atoms with Gasteiger partial charge in [-0.2, -0.15) is 0 Å². The number of ketones is 1. The first-order valence-corrected chi connectivity index (χ1v) is 5.09. The first kappa shape index (κ1) is 11.1. The molecule has 4 heteroatoms. The number of hydrogen-bond donors (Lipinski definition) is 1. The molecule has 1 aliphatic heterocycles. The Kier molecular flexibility index (Phi) is 2.94. The first-order valence-electron chi connectivity index (χ1n) is 5.09. The second kappa shape index (κ2) is 4.23. The lowest BCUT2D eigenvalue weighted by Crippen LogP contribution is -2.51. The summed E-state index contributed by atoms with van der Waals surface area (Å²) in [6.45, 7) is 0.431. The molecule has 0 aromatic heterocycles. The topological polar surface area (TPSA) is 55.8 Å². The minimum absolute atomic E-state index is 0.0658. The van der Waals surface area contributed by atoms with Crippen LogP contribution < -0.4 is 4.74 Å². The number of hydrogen-bond acceptors (Lipinski definition) is 4. The van der Waals surface area contributed by atoms with E-state index in [1.807, 2.05) is 0 Å². The lowest BCUT2D eigenvalue weighted by atomic mass is 9.79. The van der Waals surface area contributed by atoms with Gasteiger partial charge in [-0.1, -0.05) is 0 Å². The van der Waals surface area contributed by atoms with Crippen LogP contribution in [0.25, 0.3) is 0 Å². The largest absolute Gasteiger partial charge is 0.497 e. The number of Topliss-reactive ketones (excluding diaryl/α,β-unsaturated/α-hetero) is 1. The highest BCUT2D eigenvalue weighted by molar-refractivity contribution is 6.01. The molecular formula is C12H14O4. The van der Waals surface area contributed by atoms with Crippen molar-refractivity contribution in [3.8, 4) is 5.75 Å². The Hall–Kier alpha value is -1.39. The van der Waals surface area contributed by atoms with Gasteiger partial charge >= 0.3 is 0 Å². The minimum Gasteiger partial charge on any atom is -0.497 e. The van der Waals surface area contributed by atoms with E-state index in [-0.39, 0.29) is 12.4 Å². The third-order valence-electron chi connectivity index (χ3n) is 2.89. The zero-order valence-electron chi connectivity index (χ0n) is 9.10. The number of ether oxygens (including phenoxy) is 2. The zero-order valence-corrected chi connectivity index (χ0v) is 9.10. The van der Waals surface area contributed by atoms with Crippen LogP contribution >= 0.6 is 0 Å². The van der Waals surface area contributed by atoms with Gasteiger partial charge in [-0.3, -0.25) is 4.79 Å². The number of carbonyl (C=O) groups excluding carboxylic acids is 1. The molecule has 2 rings (SSSR count). The van der Waals surface area contributed by atoms with Crippen molar-refractivity contribution in [2.24, 2.45) is 5.41 Å². The van der Waals surface area contributed by atoms with Crippen LogP contribution in [0.2, 0.25) is 0 Å². The van der Waals surface area contributed by atoms with Crippen LogP contribution in [0.5, 0.6) is 5.75 Å². The molecule has 1 aromatic carbocycles. The lowest BCUT2D eigenvalue weighted by molar-refractivity contribution is -0.109. The summed E-state index contributed by atoms with van der Waals surface area (Å²) in [4.78, 5) is 12.1. The summed E-state index contributed by atoms with van der Waals surface area (Å²) in [5.41, 5.74) is -0.146. The van der Waals surface area contributed by atoms with Crippen LogP contribution in [0.4, 0.5) is 0 Å². The fourth-order valence-corrected chi connectivity index (χ4v) is 1.69. The second-order valence-corrected chi connectivity index (χ2v) is 3.99. The van der Waals surface area contributed by atoms with E-state index in [0.717, 1.165) is 0 Å². The Labute approximate surface area is 93.8 Å². The molecule has 0 amide bonds. The van der Waals surface area contributed by atoms with Crippen molar-refractivity contribution in [1.82, 2.24) is 0 Å². The number of rotatable bonds is 4. The molecule has 86 valence electrons. The molecule has 0 bridgehead atoms. The van der Waals surface area contributed by atoms with Crippen molar-refractivity contribution in [2.75, 3.05) is 26.9 Å². The molecule has 1 N–H and O–H groups in total. The van der Waals surface area contributed by atoms with E-state index in [0.29, 0.717) is 24.5 Å². The Balaban J connectivity index is 2.20. The highest BCUT2D eigenvalue weighted by Gasteiger charge is 2.45. The smallest absolute Gasteiger partial charge is 0.175 e. The quantitative estimate of drug-likeness (QED) is 0.768. The van der Waals surface area contributed by atoms with Crippen molar-refractivity contribution < 1.29 is 19.4 Å². The van der Waals surface area contributed by atoms with Gasteiger partial charge in [0.15, 0.2) is 5.78 Å². The third-order valence-corrected chi connectivity index (χ3v) is 2.89. The van der Waals surface area contributed by atoms with Crippen LogP contribution in [0.1, 0.15) is 10.4 Å². The van der Waals surface area contributed by atoms with Gasteiger partial charge in [0.2, 0.25) is 0 Å². The molecule has 1 aliphatic rings. The molecule has 0 saturated carbocycles. The summed E-state index contributed by atoms with van der Waals surface area (Å²) in [6.07, 6.45) is 0. The molecule has 1 aromatic rings. The molecule has 16 heavy (non-hydrogen) atoms.